The molecule has 1 N–H and O–H groups in total. The highest BCUT2D eigenvalue weighted by atomic mass is 16.5. The third kappa shape index (κ3) is 5.23. The molecule has 150 valence electrons. The zero-order chi connectivity index (χ0) is 19.9. The molecule has 1 amide bonds. The number of anilines is 2. The Bertz CT molecular complexity index is 759. The number of hydrogen-bond acceptors (Lipinski definition) is 5. The molecule has 0 radical (unpaired) electrons. The first-order chi connectivity index (χ1) is 13.6. The number of amides is 1. The molecular formula is C22H30N4O2. The minimum absolute atomic E-state index is 0.150. The largest absolute Gasteiger partial charge is 0.494 e. The maximum Gasteiger partial charge on any atom is 0.255 e. The minimum Gasteiger partial charge on any atom is -0.494 e. The Morgan fingerprint density at radius 2 is 2.04 bits per heavy atom. The second kappa shape index (κ2) is 9.55. The number of benzene rings is 1. The molecule has 1 aliphatic rings. The van der Waals surface area contributed by atoms with Gasteiger partial charge in [-0.3, -0.25) is 4.79 Å². The van der Waals surface area contributed by atoms with E-state index < -0.39 is 0 Å². The minimum atomic E-state index is -0.150. The third-order valence-electron chi connectivity index (χ3n) is 5.11. The number of aromatic nitrogens is 1. The van der Waals surface area contributed by atoms with Gasteiger partial charge < -0.3 is 19.9 Å². The number of carbonyl (C=O) groups excluding carboxylic acids is 1. The van der Waals surface area contributed by atoms with Gasteiger partial charge in [0.15, 0.2) is 0 Å². The van der Waals surface area contributed by atoms with E-state index >= 15 is 0 Å². The van der Waals surface area contributed by atoms with Gasteiger partial charge in [-0.05, 0) is 63.3 Å². The molecule has 3 rings (SSSR count). The maximum absolute atomic E-state index is 12.4. The summed E-state index contributed by atoms with van der Waals surface area (Å²) in [6.07, 6.45) is 4.99. The van der Waals surface area contributed by atoms with Crippen molar-refractivity contribution in [3.05, 3.63) is 48.2 Å². The Morgan fingerprint density at radius 3 is 2.64 bits per heavy atom. The lowest BCUT2D eigenvalue weighted by molar-refractivity contribution is 0.102. The molecule has 0 aliphatic carbocycles. The average Bonchev–Trinajstić information content (AvgIpc) is 3.20. The quantitative estimate of drug-likeness (QED) is 0.706. The molecule has 1 aromatic carbocycles. The molecule has 1 atom stereocenters. The molecule has 6 nitrogen and oxygen atoms in total. The Balaban J connectivity index is 1.54. The summed E-state index contributed by atoms with van der Waals surface area (Å²) in [7, 11) is 4.23. The number of likely N-dealkylation sites (N-methyl/N-ethyl adjacent to an activating group) is 1. The van der Waals surface area contributed by atoms with E-state index in [9.17, 15) is 4.79 Å². The highest BCUT2D eigenvalue weighted by Crippen LogP contribution is 2.22. The summed E-state index contributed by atoms with van der Waals surface area (Å²) in [6.45, 7) is 4.82. The van der Waals surface area contributed by atoms with Crippen molar-refractivity contribution in [3.63, 3.8) is 0 Å². The summed E-state index contributed by atoms with van der Waals surface area (Å²) in [6, 6.07) is 11.7. The fourth-order valence-electron chi connectivity index (χ4n) is 3.26. The van der Waals surface area contributed by atoms with Crippen LogP contribution in [0.4, 0.5) is 11.5 Å². The van der Waals surface area contributed by atoms with Crippen LogP contribution in [-0.4, -0.2) is 55.6 Å². The summed E-state index contributed by atoms with van der Waals surface area (Å²) in [5.74, 6) is 1.59. The average molecular weight is 383 g/mol. The molecule has 2 heterocycles. The molecule has 0 bridgehead atoms. The first-order valence-corrected chi connectivity index (χ1v) is 9.98. The Labute approximate surface area is 167 Å². The lowest BCUT2D eigenvalue weighted by atomic mass is 10.2. The van der Waals surface area contributed by atoms with Gasteiger partial charge in [-0.15, -0.1) is 0 Å². The van der Waals surface area contributed by atoms with Crippen LogP contribution in [0.2, 0.25) is 0 Å². The zero-order valence-electron chi connectivity index (χ0n) is 17.0. The van der Waals surface area contributed by atoms with Crippen LogP contribution in [0.25, 0.3) is 0 Å². The molecule has 0 saturated carbocycles. The fraction of sp³-hybridized carbons (Fsp3) is 0.455. The molecule has 1 saturated heterocycles. The summed E-state index contributed by atoms with van der Waals surface area (Å²) in [4.78, 5) is 21.5. The van der Waals surface area contributed by atoms with Crippen molar-refractivity contribution in [2.24, 2.45) is 0 Å². The summed E-state index contributed by atoms with van der Waals surface area (Å²) < 4.78 is 5.63. The summed E-state index contributed by atoms with van der Waals surface area (Å²) >= 11 is 0. The molecule has 28 heavy (non-hydrogen) atoms. The van der Waals surface area contributed by atoms with Gasteiger partial charge >= 0.3 is 0 Å². The molecule has 1 aromatic heterocycles. The van der Waals surface area contributed by atoms with E-state index in [1.807, 2.05) is 24.3 Å². The second-order valence-corrected chi connectivity index (χ2v) is 7.44. The Morgan fingerprint density at radius 1 is 1.25 bits per heavy atom. The molecule has 2 aromatic rings. The molecular weight excluding hydrogens is 352 g/mol. The Kier molecular flexibility index (Phi) is 6.87. The molecule has 1 unspecified atom stereocenters. The lowest BCUT2D eigenvalue weighted by Gasteiger charge is -2.21. The number of unbranched alkanes of at least 4 members (excludes halogenated alkanes) is 1. The van der Waals surface area contributed by atoms with Crippen molar-refractivity contribution in [1.82, 2.24) is 9.88 Å². The predicted molar refractivity (Wildman–Crippen MR) is 113 cm³/mol. The van der Waals surface area contributed by atoms with Gasteiger partial charge in [0.1, 0.15) is 11.6 Å². The number of hydrogen-bond donors (Lipinski definition) is 1. The van der Waals surface area contributed by atoms with Crippen LogP contribution in [0, 0.1) is 0 Å². The first-order valence-electron chi connectivity index (χ1n) is 9.98. The second-order valence-electron chi connectivity index (χ2n) is 7.44. The van der Waals surface area contributed by atoms with Crippen molar-refractivity contribution in [2.45, 2.75) is 32.2 Å². The number of nitrogens with one attached hydrogen (secondary N) is 1. The standard InChI is InChI=1S/C22H30N4O2/c1-4-5-14-28-20-9-6-17(7-10-20)22(27)24-18-8-11-21(23-15-18)26-13-12-19(16-26)25(2)3/h6-11,15,19H,4-5,12-14,16H2,1-3H3,(H,24,27). The van der Waals surface area contributed by atoms with Gasteiger partial charge in [0.2, 0.25) is 0 Å². The zero-order valence-corrected chi connectivity index (χ0v) is 17.0. The maximum atomic E-state index is 12.4. The highest BCUT2D eigenvalue weighted by molar-refractivity contribution is 6.04. The van der Waals surface area contributed by atoms with Crippen LogP contribution in [0.15, 0.2) is 42.6 Å². The smallest absolute Gasteiger partial charge is 0.255 e. The third-order valence-corrected chi connectivity index (χ3v) is 5.11. The normalized spacial score (nSPS) is 16.4. The topological polar surface area (TPSA) is 57.7 Å². The number of rotatable bonds is 8. The highest BCUT2D eigenvalue weighted by Gasteiger charge is 2.24. The van der Waals surface area contributed by atoms with Gasteiger partial charge in [-0.1, -0.05) is 13.3 Å². The van der Waals surface area contributed by atoms with E-state index in [4.69, 9.17) is 4.74 Å². The van der Waals surface area contributed by atoms with Crippen molar-refractivity contribution < 1.29 is 9.53 Å². The van der Waals surface area contributed by atoms with Crippen LogP contribution < -0.4 is 15.0 Å². The predicted octanol–water partition coefficient (Wildman–Crippen LogP) is 3.65. The number of nitrogens with zero attached hydrogens (tertiary/aromatic N) is 3. The first kappa shape index (κ1) is 20.1. The van der Waals surface area contributed by atoms with Gasteiger partial charge in [-0.25, -0.2) is 4.98 Å². The fourth-order valence-corrected chi connectivity index (χ4v) is 3.26. The van der Waals surface area contributed by atoms with Crippen molar-refractivity contribution in [2.75, 3.05) is 44.0 Å². The van der Waals surface area contributed by atoms with Crippen molar-refractivity contribution in [3.8, 4) is 5.75 Å². The lowest BCUT2D eigenvalue weighted by Crippen LogP contribution is -2.31. The molecule has 6 heteroatoms. The SMILES string of the molecule is CCCCOc1ccc(C(=O)Nc2ccc(N3CCC(N(C)C)C3)nc2)cc1. The molecule has 1 aliphatic heterocycles. The summed E-state index contributed by atoms with van der Waals surface area (Å²) in [5, 5.41) is 2.91. The van der Waals surface area contributed by atoms with Crippen LogP contribution in [-0.2, 0) is 0 Å². The number of pyridine rings is 1. The van der Waals surface area contributed by atoms with Gasteiger partial charge in [-0.2, -0.15) is 0 Å². The Hall–Kier alpha value is -2.60. The van der Waals surface area contributed by atoms with Crippen LogP contribution in [0.5, 0.6) is 5.75 Å². The van der Waals surface area contributed by atoms with Crippen molar-refractivity contribution >= 4 is 17.4 Å². The van der Waals surface area contributed by atoms with Crippen LogP contribution in [0.3, 0.4) is 0 Å². The van der Waals surface area contributed by atoms with Gasteiger partial charge in [0, 0.05) is 24.7 Å². The summed E-state index contributed by atoms with van der Waals surface area (Å²) in [5.41, 5.74) is 1.29. The molecule has 1 fully saturated rings. The number of ether oxygens (including phenoxy) is 1. The van der Waals surface area contributed by atoms with E-state index in [0.29, 0.717) is 23.9 Å². The van der Waals surface area contributed by atoms with Crippen molar-refractivity contribution in [1.29, 1.82) is 0 Å². The van der Waals surface area contributed by atoms with Crippen LogP contribution in [0.1, 0.15) is 36.5 Å². The van der Waals surface area contributed by atoms with E-state index in [1.54, 1.807) is 18.3 Å². The van der Waals surface area contributed by atoms with Crippen LogP contribution >= 0.6 is 0 Å². The van der Waals surface area contributed by atoms with E-state index in [0.717, 1.165) is 43.9 Å². The monoisotopic (exact) mass is 382 g/mol. The van der Waals surface area contributed by atoms with E-state index in [-0.39, 0.29) is 5.91 Å². The van der Waals surface area contributed by atoms with Gasteiger partial charge in [0.25, 0.3) is 5.91 Å². The molecule has 0 spiro atoms. The van der Waals surface area contributed by atoms with Gasteiger partial charge in [0.05, 0.1) is 18.5 Å². The van der Waals surface area contributed by atoms with E-state index in [2.05, 4.69) is 41.1 Å². The van der Waals surface area contributed by atoms with E-state index in [1.165, 1.54) is 0 Å². The number of carbonyl (C=O) groups is 1.